The van der Waals surface area contributed by atoms with E-state index in [-0.39, 0.29) is 5.41 Å². The van der Waals surface area contributed by atoms with Crippen LogP contribution in [0.25, 0.3) is 89.5 Å². The number of nitrogens with zero attached hydrogens (tertiary/aromatic N) is 3. The number of aromatic nitrogens is 3. The van der Waals surface area contributed by atoms with E-state index >= 15 is 0 Å². The second-order valence-electron chi connectivity index (χ2n) is 15.3. The Kier molecular flexibility index (Phi) is 8.49. The number of pyridine rings is 1. The Balaban J connectivity index is 1.00. The zero-order chi connectivity index (χ0) is 38.3. The van der Waals surface area contributed by atoms with Crippen molar-refractivity contribution in [1.82, 2.24) is 15.0 Å². The Morgan fingerprint density at radius 3 is 1.56 bits per heavy atom. The van der Waals surface area contributed by atoms with E-state index < -0.39 is 0 Å². The van der Waals surface area contributed by atoms with Crippen molar-refractivity contribution in [3.05, 3.63) is 212 Å². The molecule has 10 rings (SSSR count). The van der Waals surface area contributed by atoms with Gasteiger partial charge < -0.3 is 0 Å². The van der Waals surface area contributed by atoms with Crippen molar-refractivity contribution in [3.63, 3.8) is 0 Å². The van der Waals surface area contributed by atoms with Crippen LogP contribution >= 0.6 is 0 Å². The molecule has 3 heteroatoms. The summed E-state index contributed by atoms with van der Waals surface area (Å²) in [5, 5.41) is 0. The summed E-state index contributed by atoms with van der Waals surface area (Å²) >= 11 is 0. The molecule has 0 bridgehead atoms. The summed E-state index contributed by atoms with van der Waals surface area (Å²) in [7, 11) is 0. The van der Waals surface area contributed by atoms with Crippen LogP contribution in [0, 0.1) is 0 Å². The highest BCUT2D eigenvalue weighted by molar-refractivity contribution is 5.93. The van der Waals surface area contributed by atoms with Crippen LogP contribution in [-0.2, 0) is 5.41 Å². The van der Waals surface area contributed by atoms with E-state index in [0.717, 1.165) is 50.3 Å². The van der Waals surface area contributed by atoms with Gasteiger partial charge >= 0.3 is 0 Å². The lowest BCUT2D eigenvalue weighted by Gasteiger charge is -2.21. The number of fused-ring (bicyclic) bond motifs is 3. The molecule has 270 valence electrons. The van der Waals surface area contributed by atoms with Crippen molar-refractivity contribution in [3.8, 4) is 89.5 Å². The molecule has 3 nitrogen and oxygen atoms in total. The smallest absolute Gasteiger partial charge is 0.160 e. The zero-order valence-corrected chi connectivity index (χ0v) is 31.9. The second kappa shape index (κ2) is 14.1. The topological polar surface area (TPSA) is 38.7 Å². The Labute approximate surface area is 334 Å². The Bertz CT molecular complexity index is 2910. The Morgan fingerprint density at radius 1 is 0.351 bits per heavy atom. The van der Waals surface area contributed by atoms with Gasteiger partial charge in [0.1, 0.15) is 0 Å². The first kappa shape index (κ1) is 34.3. The molecule has 0 fully saturated rings. The molecular formula is C54H39N3. The average Bonchev–Trinajstić information content (AvgIpc) is 3.53. The van der Waals surface area contributed by atoms with Crippen molar-refractivity contribution >= 4 is 0 Å². The molecule has 57 heavy (non-hydrogen) atoms. The molecule has 1 aliphatic carbocycles. The third kappa shape index (κ3) is 6.33. The van der Waals surface area contributed by atoms with E-state index in [0.29, 0.717) is 5.82 Å². The summed E-state index contributed by atoms with van der Waals surface area (Å²) < 4.78 is 0. The van der Waals surface area contributed by atoms with Gasteiger partial charge in [0.15, 0.2) is 5.82 Å². The fourth-order valence-corrected chi connectivity index (χ4v) is 8.42. The molecular weight excluding hydrogens is 691 g/mol. The lowest BCUT2D eigenvalue weighted by atomic mass is 9.82. The predicted octanol–water partition coefficient (Wildman–Crippen LogP) is 13.8. The maximum atomic E-state index is 5.13. The van der Waals surface area contributed by atoms with Gasteiger partial charge in [0, 0.05) is 34.5 Å². The molecule has 0 amide bonds. The van der Waals surface area contributed by atoms with E-state index in [9.17, 15) is 0 Å². The summed E-state index contributed by atoms with van der Waals surface area (Å²) in [5.41, 5.74) is 19.6. The molecule has 0 saturated carbocycles. The fourth-order valence-electron chi connectivity index (χ4n) is 8.42. The van der Waals surface area contributed by atoms with Crippen LogP contribution in [0.3, 0.4) is 0 Å². The predicted molar refractivity (Wildman–Crippen MR) is 235 cm³/mol. The minimum absolute atomic E-state index is 0.0366. The van der Waals surface area contributed by atoms with Crippen LogP contribution in [0.1, 0.15) is 25.0 Å². The lowest BCUT2D eigenvalue weighted by Crippen LogP contribution is -2.14. The molecule has 0 radical (unpaired) electrons. The van der Waals surface area contributed by atoms with Crippen LogP contribution in [0.15, 0.2) is 200 Å². The van der Waals surface area contributed by atoms with Crippen LogP contribution in [0.2, 0.25) is 0 Å². The first-order chi connectivity index (χ1) is 28.0. The molecule has 1 aliphatic rings. The maximum absolute atomic E-state index is 5.13. The van der Waals surface area contributed by atoms with Crippen LogP contribution in [0.5, 0.6) is 0 Å². The van der Waals surface area contributed by atoms with Crippen molar-refractivity contribution in [1.29, 1.82) is 0 Å². The summed E-state index contributed by atoms with van der Waals surface area (Å²) in [6.45, 7) is 4.68. The van der Waals surface area contributed by atoms with Gasteiger partial charge in [-0.2, -0.15) is 0 Å². The van der Waals surface area contributed by atoms with Crippen molar-refractivity contribution in [2.45, 2.75) is 19.3 Å². The number of rotatable bonds is 7. The Morgan fingerprint density at radius 2 is 0.860 bits per heavy atom. The summed E-state index contributed by atoms with van der Waals surface area (Å²) in [4.78, 5) is 14.5. The van der Waals surface area contributed by atoms with E-state index in [2.05, 4.69) is 183 Å². The fraction of sp³-hybridized carbons (Fsp3) is 0.0556. The van der Waals surface area contributed by atoms with Crippen LogP contribution in [0.4, 0.5) is 0 Å². The zero-order valence-electron chi connectivity index (χ0n) is 31.9. The highest BCUT2D eigenvalue weighted by Gasteiger charge is 2.36. The molecule has 9 aromatic rings. The molecule has 0 aliphatic heterocycles. The average molecular weight is 730 g/mol. The van der Waals surface area contributed by atoms with Gasteiger partial charge in [-0.15, -0.1) is 0 Å². The van der Waals surface area contributed by atoms with Gasteiger partial charge in [-0.05, 0) is 97.1 Å². The second-order valence-corrected chi connectivity index (χ2v) is 15.3. The highest BCUT2D eigenvalue weighted by Crippen LogP contribution is 2.52. The van der Waals surface area contributed by atoms with E-state index in [1.54, 1.807) is 6.20 Å². The molecule has 0 atom stereocenters. The standard InChI is InChI=1S/C54H39N3/c1-54(2)48-24-7-6-22-47(48)52-46(23-11-25-49(52)54)43-19-9-17-41(32-43)39-15-8-16-40(31-39)42-18-10-20-44(33-42)51-34-50(56-53(57-51)38-13-4-3-5-14-38)37-28-26-36(27-29-37)45-21-12-30-55-35-45/h3-35H,1-2H3. The van der Waals surface area contributed by atoms with E-state index in [4.69, 9.17) is 9.97 Å². The monoisotopic (exact) mass is 729 g/mol. The minimum Gasteiger partial charge on any atom is -0.264 e. The van der Waals surface area contributed by atoms with Crippen LogP contribution < -0.4 is 0 Å². The van der Waals surface area contributed by atoms with Crippen molar-refractivity contribution in [2.75, 3.05) is 0 Å². The Hall–Kier alpha value is -7.23. The molecule has 2 aromatic heterocycles. The van der Waals surface area contributed by atoms with Gasteiger partial charge in [-0.1, -0.05) is 172 Å². The van der Waals surface area contributed by atoms with E-state index in [1.807, 2.05) is 30.5 Å². The highest BCUT2D eigenvalue weighted by atomic mass is 14.9. The molecule has 7 aromatic carbocycles. The van der Waals surface area contributed by atoms with Gasteiger partial charge in [0.05, 0.1) is 11.4 Å². The molecule has 0 saturated heterocycles. The van der Waals surface area contributed by atoms with Gasteiger partial charge in [0.2, 0.25) is 0 Å². The summed E-state index contributed by atoms with van der Waals surface area (Å²) in [6.07, 6.45) is 3.69. The lowest BCUT2D eigenvalue weighted by molar-refractivity contribution is 0.660. The number of hydrogen-bond acceptors (Lipinski definition) is 3. The first-order valence-electron chi connectivity index (χ1n) is 19.5. The molecule has 0 spiro atoms. The van der Waals surface area contributed by atoms with Gasteiger partial charge in [0.25, 0.3) is 0 Å². The molecule has 0 N–H and O–H groups in total. The normalized spacial score (nSPS) is 12.5. The van der Waals surface area contributed by atoms with E-state index in [1.165, 1.54) is 44.5 Å². The van der Waals surface area contributed by atoms with Crippen molar-refractivity contribution < 1.29 is 0 Å². The minimum atomic E-state index is -0.0366. The third-order valence-corrected chi connectivity index (χ3v) is 11.4. The SMILES string of the molecule is CC1(C)c2ccccc2-c2c(-c3cccc(-c4cccc(-c5cccc(-c6cc(-c7ccc(-c8cccnc8)cc7)nc(-c7ccccc7)n6)c5)c4)c3)cccc21. The van der Waals surface area contributed by atoms with Crippen molar-refractivity contribution in [2.24, 2.45) is 0 Å². The largest absolute Gasteiger partial charge is 0.264 e. The quantitative estimate of drug-likeness (QED) is 0.164. The molecule has 2 heterocycles. The van der Waals surface area contributed by atoms with Crippen LogP contribution in [-0.4, -0.2) is 15.0 Å². The van der Waals surface area contributed by atoms with Gasteiger partial charge in [-0.3, -0.25) is 4.98 Å². The number of benzene rings is 7. The van der Waals surface area contributed by atoms with Gasteiger partial charge in [-0.25, -0.2) is 9.97 Å². The summed E-state index contributed by atoms with van der Waals surface area (Å²) in [5.74, 6) is 0.697. The first-order valence-corrected chi connectivity index (χ1v) is 19.5. The molecule has 0 unspecified atom stereocenters. The maximum Gasteiger partial charge on any atom is 0.160 e. The third-order valence-electron chi connectivity index (χ3n) is 11.4. The number of hydrogen-bond donors (Lipinski definition) is 0. The summed E-state index contributed by atoms with van der Waals surface area (Å²) in [6, 6.07) is 67.1.